The molecule has 0 radical (unpaired) electrons. The van der Waals surface area contributed by atoms with Crippen LogP contribution in [0.1, 0.15) is 11.4 Å². The predicted molar refractivity (Wildman–Crippen MR) is 59.7 cm³/mol. The molecule has 0 aromatic carbocycles. The second kappa shape index (κ2) is 4.73. The maximum Gasteiger partial charge on any atom is 0.318 e. The summed E-state index contributed by atoms with van der Waals surface area (Å²) in [6.45, 7) is 2.10. The molecule has 0 spiro atoms. The maximum atomic E-state index is 12.8. The molecule has 2 aromatic rings. The molecule has 0 bridgehead atoms. The monoisotopic (exact) mass is 234 g/mol. The van der Waals surface area contributed by atoms with Gasteiger partial charge in [-0.3, -0.25) is 4.98 Å². The third-order valence-corrected chi connectivity index (χ3v) is 2.04. The Balaban J connectivity index is 2.05. The number of hydrogen-bond acceptors (Lipinski definition) is 5. The molecule has 0 aliphatic carbocycles. The van der Waals surface area contributed by atoms with Gasteiger partial charge < -0.3 is 10.5 Å². The molecule has 0 atom stereocenters. The van der Waals surface area contributed by atoms with Crippen LogP contribution in [-0.4, -0.2) is 15.0 Å². The molecule has 88 valence electrons. The Morgan fingerprint density at radius 2 is 2.18 bits per heavy atom. The lowest BCUT2D eigenvalue weighted by Crippen LogP contribution is -2.04. The summed E-state index contributed by atoms with van der Waals surface area (Å²) in [6, 6.07) is 5.61. The number of pyridine rings is 1. The lowest BCUT2D eigenvalue weighted by atomic mass is 10.3. The summed E-state index contributed by atoms with van der Waals surface area (Å²) < 4.78 is 18.0. The molecule has 2 N–H and O–H groups in total. The van der Waals surface area contributed by atoms with Gasteiger partial charge in [0.1, 0.15) is 6.61 Å². The molecule has 0 aliphatic heterocycles. The van der Waals surface area contributed by atoms with E-state index in [1.807, 2.05) is 25.1 Å². The highest BCUT2D eigenvalue weighted by Gasteiger charge is 2.04. The average molecular weight is 234 g/mol. The third kappa shape index (κ3) is 2.87. The first-order valence-corrected chi connectivity index (χ1v) is 4.98. The summed E-state index contributed by atoms with van der Waals surface area (Å²) in [6.07, 6.45) is 0.974. The number of aryl methyl sites for hydroxylation is 1. The Kier molecular flexibility index (Phi) is 3.13. The van der Waals surface area contributed by atoms with Crippen LogP contribution in [-0.2, 0) is 6.61 Å². The van der Waals surface area contributed by atoms with Crippen molar-refractivity contribution in [2.45, 2.75) is 13.5 Å². The van der Waals surface area contributed by atoms with E-state index in [1.165, 1.54) is 0 Å². The zero-order chi connectivity index (χ0) is 12.3. The molecule has 0 unspecified atom stereocenters. The quantitative estimate of drug-likeness (QED) is 0.870. The fourth-order valence-electron chi connectivity index (χ4n) is 1.25. The Hall–Kier alpha value is -2.24. The van der Waals surface area contributed by atoms with Crippen LogP contribution in [0.2, 0.25) is 0 Å². The highest BCUT2D eigenvalue weighted by molar-refractivity contribution is 5.29. The van der Waals surface area contributed by atoms with E-state index in [0.29, 0.717) is 0 Å². The van der Waals surface area contributed by atoms with E-state index in [4.69, 9.17) is 10.5 Å². The number of halogens is 1. The van der Waals surface area contributed by atoms with E-state index in [1.54, 1.807) is 0 Å². The van der Waals surface area contributed by atoms with Crippen molar-refractivity contribution >= 4 is 5.82 Å². The molecule has 2 heterocycles. The van der Waals surface area contributed by atoms with E-state index in [2.05, 4.69) is 15.0 Å². The van der Waals surface area contributed by atoms with Gasteiger partial charge in [-0.15, -0.1) is 0 Å². The summed E-state index contributed by atoms with van der Waals surface area (Å²) in [5, 5.41) is 0. The second-order valence-corrected chi connectivity index (χ2v) is 3.44. The topological polar surface area (TPSA) is 73.9 Å². The van der Waals surface area contributed by atoms with Crippen molar-refractivity contribution < 1.29 is 9.13 Å². The van der Waals surface area contributed by atoms with Gasteiger partial charge in [0.15, 0.2) is 11.6 Å². The first-order valence-electron chi connectivity index (χ1n) is 4.98. The van der Waals surface area contributed by atoms with Crippen molar-refractivity contribution in [1.82, 2.24) is 15.0 Å². The van der Waals surface area contributed by atoms with E-state index in [-0.39, 0.29) is 18.4 Å². The van der Waals surface area contributed by atoms with Gasteiger partial charge in [0.05, 0.1) is 11.9 Å². The highest BCUT2D eigenvalue weighted by atomic mass is 19.1. The number of hydrogen-bond donors (Lipinski definition) is 1. The first-order chi connectivity index (χ1) is 8.15. The predicted octanol–water partition coefficient (Wildman–Crippen LogP) is 1.48. The summed E-state index contributed by atoms with van der Waals surface area (Å²) in [5.41, 5.74) is 6.93. The molecule has 0 amide bonds. The Morgan fingerprint density at radius 3 is 2.88 bits per heavy atom. The van der Waals surface area contributed by atoms with Gasteiger partial charge in [-0.1, -0.05) is 6.07 Å². The molecular formula is C11H11FN4O. The number of nitrogens with two attached hydrogens (primary N) is 1. The number of nitrogen functional groups attached to an aromatic ring is 1. The molecule has 2 aromatic heterocycles. The van der Waals surface area contributed by atoms with Crippen LogP contribution >= 0.6 is 0 Å². The van der Waals surface area contributed by atoms with E-state index < -0.39 is 5.82 Å². The van der Waals surface area contributed by atoms with Crippen LogP contribution in [0, 0.1) is 12.7 Å². The molecule has 2 rings (SSSR count). The van der Waals surface area contributed by atoms with Crippen LogP contribution in [0.5, 0.6) is 6.01 Å². The zero-order valence-electron chi connectivity index (χ0n) is 9.22. The van der Waals surface area contributed by atoms with Gasteiger partial charge in [-0.25, -0.2) is 9.37 Å². The molecule has 5 nitrogen and oxygen atoms in total. The summed E-state index contributed by atoms with van der Waals surface area (Å²) in [7, 11) is 0. The highest BCUT2D eigenvalue weighted by Crippen LogP contribution is 2.10. The zero-order valence-corrected chi connectivity index (χ0v) is 9.22. The van der Waals surface area contributed by atoms with Crippen molar-refractivity contribution in [3.63, 3.8) is 0 Å². The minimum Gasteiger partial charge on any atom is -0.457 e. The van der Waals surface area contributed by atoms with Gasteiger partial charge in [0, 0.05) is 5.69 Å². The van der Waals surface area contributed by atoms with Crippen molar-refractivity contribution in [3.05, 3.63) is 41.6 Å². The minimum absolute atomic E-state index is 0.0345. The van der Waals surface area contributed by atoms with Gasteiger partial charge in [0.25, 0.3) is 0 Å². The summed E-state index contributed by atoms with van der Waals surface area (Å²) >= 11 is 0. The van der Waals surface area contributed by atoms with E-state index in [9.17, 15) is 4.39 Å². The molecule has 6 heteroatoms. The van der Waals surface area contributed by atoms with Gasteiger partial charge >= 0.3 is 6.01 Å². The first kappa shape index (κ1) is 11.3. The normalized spacial score (nSPS) is 10.2. The van der Waals surface area contributed by atoms with Gasteiger partial charge in [0.2, 0.25) is 0 Å². The summed E-state index contributed by atoms with van der Waals surface area (Å²) in [5.74, 6) is -0.891. The molecule has 0 fully saturated rings. The molecule has 0 saturated carbocycles. The number of ether oxygens (including phenoxy) is 1. The summed E-state index contributed by atoms with van der Waals surface area (Å²) in [4.78, 5) is 11.6. The molecule has 17 heavy (non-hydrogen) atoms. The van der Waals surface area contributed by atoms with Crippen molar-refractivity contribution in [2.24, 2.45) is 0 Å². The lowest BCUT2D eigenvalue weighted by molar-refractivity contribution is 0.275. The number of rotatable bonds is 3. The molecule has 0 aliphatic rings. The van der Waals surface area contributed by atoms with Crippen LogP contribution < -0.4 is 10.5 Å². The fraction of sp³-hybridized carbons (Fsp3) is 0.182. The average Bonchev–Trinajstić information content (AvgIpc) is 2.31. The van der Waals surface area contributed by atoms with Crippen LogP contribution in [0.25, 0.3) is 0 Å². The number of nitrogens with zero attached hydrogens (tertiary/aromatic N) is 3. The SMILES string of the molecule is Cc1cccc(COc2ncc(F)c(N)n2)n1. The Labute approximate surface area is 97.5 Å². The fourth-order valence-corrected chi connectivity index (χ4v) is 1.25. The van der Waals surface area contributed by atoms with Crippen molar-refractivity contribution in [3.8, 4) is 6.01 Å². The third-order valence-electron chi connectivity index (χ3n) is 2.04. The minimum atomic E-state index is -0.661. The van der Waals surface area contributed by atoms with Crippen LogP contribution in [0.3, 0.4) is 0 Å². The maximum absolute atomic E-state index is 12.8. The van der Waals surface area contributed by atoms with E-state index >= 15 is 0 Å². The second-order valence-electron chi connectivity index (χ2n) is 3.44. The molecule has 0 saturated heterocycles. The largest absolute Gasteiger partial charge is 0.457 e. The molecular weight excluding hydrogens is 223 g/mol. The van der Waals surface area contributed by atoms with E-state index in [0.717, 1.165) is 17.6 Å². The van der Waals surface area contributed by atoms with Gasteiger partial charge in [-0.2, -0.15) is 4.98 Å². The smallest absolute Gasteiger partial charge is 0.318 e. The number of anilines is 1. The standard InChI is InChI=1S/C11H11FN4O/c1-7-3-2-4-8(15-7)6-17-11-14-5-9(12)10(13)16-11/h2-5H,6H2,1H3,(H2,13,14,16). The Bertz CT molecular complexity index is 533. The van der Waals surface area contributed by atoms with Crippen LogP contribution in [0.4, 0.5) is 10.2 Å². The Morgan fingerprint density at radius 1 is 1.35 bits per heavy atom. The van der Waals surface area contributed by atoms with Crippen molar-refractivity contribution in [2.75, 3.05) is 5.73 Å². The lowest BCUT2D eigenvalue weighted by Gasteiger charge is -2.04. The van der Waals surface area contributed by atoms with Crippen LogP contribution in [0.15, 0.2) is 24.4 Å². The van der Waals surface area contributed by atoms with Gasteiger partial charge in [-0.05, 0) is 19.1 Å². The van der Waals surface area contributed by atoms with Crippen molar-refractivity contribution in [1.29, 1.82) is 0 Å². The number of aromatic nitrogens is 3.